The van der Waals surface area contributed by atoms with Crippen LogP contribution in [0, 0.1) is 0 Å². The monoisotopic (exact) mass is 297 g/mol. The lowest BCUT2D eigenvalue weighted by Crippen LogP contribution is -2.32. The number of aromatic nitrogens is 2. The first-order chi connectivity index (χ1) is 7.58. The standard InChI is InChI=1S/C7H3Cl4N5/c8-4-3(1-12-5(9)14-4)16-2-13-6(10)15-7(16)11/h1-2,7H. The van der Waals surface area contributed by atoms with E-state index in [1.807, 2.05) is 0 Å². The zero-order valence-corrected chi connectivity index (χ0v) is 10.5. The van der Waals surface area contributed by atoms with Gasteiger partial charge in [-0.05, 0) is 23.2 Å². The Bertz CT molecular complexity index is 474. The highest BCUT2D eigenvalue weighted by molar-refractivity contribution is 6.66. The summed E-state index contributed by atoms with van der Waals surface area (Å²) in [5, 5.41) is 0.280. The number of nitrogens with zero attached hydrogens (tertiary/aromatic N) is 5. The summed E-state index contributed by atoms with van der Waals surface area (Å²) in [6.45, 7) is 0. The van der Waals surface area contributed by atoms with Gasteiger partial charge < -0.3 is 0 Å². The van der Waals surface area contributed by atoms with E-state index < -0.39 is 5.62 Å². The van der Waals surface area contributed by atoms with E-state index in [1.165, 1.54) is 17.4 Å². The number of rotatable bonds is 1. The molecule has 0 saturated carbocycles. The number of anilines is 1. The van der Waals surface area contributed by atoms with Gasteiger partial charge in [0.25, 0.3) is 0 Å². The van der Waals surface area contributed by atoms with Gasteiger partial charge in [0, 0.05) is 0 Å². The molecule has 16 heavy (non-hydrogen) atoms. The van der Waals surface area contributed by atoms with Crippen molar-refractivity contribution in [1.82, 2.24) is 9.97 Å². The van der Waals surface area contributed by atoms with Crippen molar-refractivity contribution in [2.75, 3.05) is 4.90 Å². The average Bonchev–Trinajstić information content (AvgIpc) is 2.19. The lowest BCUT2D eigenvalue weighted by atomic mass is 10.5. The molecule has 1 aliphatic rings. The van der Waals surface area contributed by atoms with Crippen LogP contribution in [0.15, 0.2) is 16.2 Å². The van der Waals surface area contributed by atoms with Crippen molar-refractivity contribution < 1.29 is 0 Å². The predicted molar refractivity (Wildman–Crippen MR) is 66.0 cm³/mol. The molecule has 2 rings (SSSR count). The zero-order valence-electron chi connectivity index (χ0n) is 7.48. The fraction of sp³-hybridized carbons (Fsp3) is 0.143. The molecule has 5 nitrogen and oxygen atoms in total. The highest BCUT2D eigenvalue weighted by Crippen LogP contribution is 2.27. The molecule has 0 aliphatic carbocycles. The average molecular weight is 299 g/mol. The number of halogens is 4. The molecule has 2 heterocycles. The molecule has 0 spiro atoms. The molecule has 0 amide bonds. The van der Waals surface area contributed by atoms with E-state index in [-0.39, 0.29) is 15.7 Å². The van der Waals surface area contributed by atoms with Crippen LogP contribution in [0.25, 0.3) is 0 Å². The quantitative estimate of drug-likeness (QED) is 0.347. The van der Waals surface area contributed by atoms with Crippen LogP contribution in [0.2, 0.25) is 10.4 Å². The first-order valence-electron chi connectivity index (χ1n) is 3.96. The number of aliphatic imine (C=N–C) groups is 2. The second-order valence-corrected chi connectivity index (χ2v) is 4.10. The van der Waals surface area contributed by atoms with Crippen LogP contribution in [0.1, 0.15) is 0 Å². The molecular formula is C7H3Cl4N5. The topological polar surface area (TPSA) is 53.7 Å². The second-order valence-electron chi connectivity index (χ2n) is 2.68. The Morgan fingerprint density at radius 2 is 2.00 bits per heavy atom. The van der Waals surface area contributed by atoms with Crippen LogP contribution >= 0.6 is 46.4 Å². The minimum Gasteiger partial charge on any atom is -0.292 e. The number of hydrogen-bond donors (Lipinski definition) is 0. The summed E-state index contributed by atoms with van der Waals surface area (Å²) >= 11 is 23.0. The van der Waals surface area contributed by atoms with Gasteiger partial charge in [-0.15, -0.1) is 0 Å². The van der Waals surface area contributed by atoms with Gasteiger partial charge in [-0.3, -0.25) is 4.90 Å². The van der Waals surface area contributed by atoms with Crippen molar-refractivity contribution in [3.8, 4) is 0 Å². The summed E-state index contributed by atoms with van der Waals surface area (Å²) < 4.78 is 0. The Morgan fingerprint density at radius 3 is 2.62 bits per heavy atom. The number of hydrogen-bond acceptors (Lipinski definition) is 5. The van der Waals surface area contributed by atoms with Gasteiger partial charge in [0.1, 0.15) is 12.0 Å². The molecule has 1 aromatic heterocycles. The van der Waals surface area contributed by atoms with Gasteiger partial charge in [-0.2, -0.15) is 0 Å². The molecule has 0 aromatic carbocycles. The lowest BCUT2D eigenvalue weighted by Gasteiger charge is -2.24. The molecule has 84 valence electrons. The normalized spacial score (nSPS) is 19.9. The molecule has 0 bridgehead atoms. The summed E-state index contributed by atoms with van der Waals surface area (Å²) in [5.41, 5.74) is -0.296. The summed E-state index contributed by atoms with van der Waals surface area (Å²) in [6, 6.07) is 0. The molecule has 0 radical (unpaired) electrons. The van der Waals surface area contributed by atoms with E-state index in [9.17, 15) is 0 Å². The van der Waals surface area contributed by atoms with Crippen LogP contribution in [0.3, 0.4) is 0 Å². The van der Waals surface area contributed by atoms with Crippen molar-refractivity contribution >= 4 is 63.7 Å². The van der Waals surface area contributed by atoms with Crippen LogP contribution in [0.5, 0.6) is 0 Å². The lowest BCUT2D eigenvalue weighted by molar-refractivity contribution is 0.918. The molecular weight excluding hydrogens is 296 g/mol. The Kier molecular flexibility index (Phi) is 3.49. The van der Waals surface area contributed by atoms with E-state index in [4.69, 9.17) is 46.4 Å². The second kappa shape index (κ2) is 4.71. The van der Waals surface area contributed by atoms with Crippen LogP contribution in [-0.4, -0.2) is 27.2 Å². The first-order valence-corrected chi connectivity index (χ1v) is 5.53. The molecule has 9 heteroatoms. The Labute approximate surface area is 111 Å². The largest absolute Gasteiger partial charge is 0.292 e. The van der Waals surface area contributed by atoms with E-state index in [0.29, 0.717) is 5.69 Å². The smallest absolute Gasteiger partial charge is 0.223 e. The minimum atomic E-state index is -0.743. The fourth-order valence-corrected chi connectivity index (χ4v) is 1.87. The predicted octanol–water partition coefficient (Wildman–Crippen LogP) is 2.75. The van der Waals surface area contributed by atoms with E-state index in [0.717, 1.165) is 0 Å². The molecule has 1 unspecified atom stereocenters. The maximum absolute atomic E-state index is 5.94. The van der Waals surface area contributed by atoms with Gasteiger partial charge in [0.15, 0.2) is 5.15 Å². The van der Waals surface area contributed by atoms with Gasteiger partial charge in [-0.1, -0.05) is 23.2 Å². The van der Waals surface area contributed by atoms with Gasteiger partial charge in [-0.25, -0.2) is 20.0 Å². The maximum Gasteiger partial charge on any atom is 0.223 e. The molecule has 1 aromatic rings. The Hall–Kier alpha value is -0.620. The third kappa shape index (κ3) is 2.38. The van der Waals surface area contributed by atoms with E-state index in [1.54, 1.807) is 0 Å². The first kappa shape index (κ1) is 11.9. The SMILES string of the molecule is ClC1=NC(Cl)N(c2cnc(Cl)nc2Cl)C=N1. The van der Waals surface area contributed by atoms with Crippen molar-refractivity contribution in [3.63, 3.8) is 0 Å². The van der Waals surface area contributed by atoms with Crippen molar-refractivity contribution in [1.29, 1.82) is 0 Å². The van der Waals surface area contributed by atoms with Gasteiger partial charge in [0.2, 0.25) is 16.2 Å². The summed E-state index contributed by atoms with van der Waals surface area (Å²) in [5.74, 6) is 0. The maximum atomic E-state index is 5.94. The molecule has 0 fully saturated rings. The Morgan fingerprint density at radius 1 is 1.25 bits per heavy atom. The van der Waals surface area contributed by atoms with Crippen LogP contribution in [-0.2, 0) is 0 Å². The van der Waals surface area contributed by atoms with Crippen molar-refractivity contribution in [3.05, 3.63) is 16.6 Å². The van der Waals surface area contributed by atoms with Crippen LogP contribution < -0.4 is 4.90 Å². The fourth-order valence-electron chi connectivity index (χ4n) is 1.03. The number of amidine groups is 1. The summed E-state index contributed by atoms with van der Waals surface area (Å²) in [7, 11) is 0. The van der Waals surface area contributed by atoms with E-state index >= 15 is 0 Å². The summed E-state index contributed by atoms with van der Waals surface area (Å²) in [4.78, 5) is 16.7. The van der Waals surface area contributed by atoms with Crippen molar-refractivity contribution in [2.45, 2.75) is 5.62 Å². The highest BCUT2D eigenvalue weighted by Gasteiger charge is 2.21. The Balaban J connectivity index is 2.35. The van der Waals surface area contributed by atoms with Crippen molar-refractivity contribution in [2.24, 2.45) is 9.98 Å². The zero-order chi connectivity index (χ0) is 11.7. The highest BCUT2D eigenvalue weighted by atomic mass is 35.5. The van der Waals surface area contributed by atoms with Gasteiger partial charge >= 0.3 is 0 Å². The summed E-state index contributed by atoms with van der Waals surface area (Å²) in [6.07, 6.45) is 2.82. The van der Waals surface area contributed by atoms with Gasteiger partial charge in [0.05, 0.1) is 6.20 Å². The molecule has 0 N–H and O–H groups in total. The third-order valence-corrected chi connectivity index (χ3v) is 2.67. The third-order valence-electron chi connectivity index (χ3n) is 1.70. The molecule has 1 atom stereocenters. The molecule has 1 aliphatic heterocycles. The van der Waals surface area contributed by atoms with E-state index in [2.05, 4.69) is 20.0 Å². The molecule has 0 saturated heterocycles. The van der Waals surface area contributed by atoms with Crippen LogP contribution in [0.4, 0.5) is 5.69 Å². The number of alkyl halides is 1. The minimum absolute atomic E-state index is 0.0513.